The third-order valence-corrected chi connectivity index (χ3v) is 4.96. The number of rotatable bonds is 4. The second-order valence-electron chi connectivity index (χ2n) is 5.85. The normalized spacial score (nSPS) is 10.9. The molecule has 1 amide bonds. The standard InChI is InChI=1S/C20H14FN3O2S/c21-13-7-9-14(10-8-13)24-17-6-2-1-5-16(17)19(25)18(23-24)20(26)22-12-15-4-3-11-27-15/h1-11H,12H2,(H,22,26). The fourth-order valence-corrected chi connectivity index (χ4v) is 3.41. The summed E-state index contributed by atoms with van der Waals surface area (Å²) in [5, 5.41) is 9.29. The summed E-state index contributed by atoms with van der Waals surface area (Å²) in [7, 11) is 0. The van der Waals surface area contributed by atoms with Gasteiger partial charge in [0.25, 0.3) is 5.91 Å². The van der Waals surface area contributed by atoms with Gasteiger partial charge in [-0.25, -0.2) is 9.07 Å². The maximum absolute atomic E-state index is 13.3. The third-order valence-electron chi connectivity index (χ3n) is 4.08. The van der Waals surface area contributed by atoms with Crippen molar-refractivity contribution in [3.05, 3.63) is 92.7 Å². The second-order valence-corrected chi connectivity index (χ2v) is 6.88. The maximum atomic E-state index is 13.3. The Kier molecular flexibility index (Phi) is 4.52. The van der Waals surface area contributed by atoms with Crippen molar-refractivity contribution in [2.45, 2.75) is 6.54 Å². The van der Waals surface area contributed by atoms with Gasteiger partial charge in [0.15, 0.2) is 5.69 Å². The molecule has 0 atom stereocenters. The first-order valence-electron chi connectivity index (χ1n) is 8.22. The van der Waals surface area contributed by atoms with E-state index in [1.807, 2.05) is 17.5 Å². The van der Waals surface area contributed by atoms with Gasteiger partial charge in [0.05, 0.1) is 23.1 Å². The van der Waals surface area contributed by atoms with Crippen LogP contribution in [-0.2, 0) is 6.54 Å². The van der Waals surface area contributed by atoms with Gasteiger partial charge >= 0.3 is 0 Å². The first kappa shape index (κ1) is 17.1. The molecule has 0 saturated heterocycles. The quantitative estimate of drug-likeness (QED) is 0.590. The van der Waals surface area contributed by atoms with Crippen molar-refractivity contribution < 1.29 is 9.18 Å². The Morgan fingerprint density at radius 2 is 1.85 bits per heavy atom. The molecule has 2 aromatic heterocycles. The van der Waals surface area contributed by atoms with Crippen LogP contribution < -0.4 is 10.7 Å². The van der Waals surface area contributed by atoms with Crippen molar-refractivity contribution in [3.8, 4) is 5.69 Å². The molecular weight excluding hydrogens is 365 g/mol. The Bertz CT molecular complexity index is 1170. The number of fused-ring (bicyclic) bond motifs is 1. The van der Waals surface area contributed by atoms with Crippen LogP contribution in [0.25, 0.3) is 16.6 Å². The first-order chi connectivity index (χ1) is 13.1. The minimum absolute atomic E-state index is 0.199. The lowest BCUT2D eigenvalue weighted by atomic mass is 10.2. The van der Waals surface area contributed by atoms with E-state index in [2.05, 4.69) is 10.4 Å². The van der Waals surface area contributed by atoms with E-state index in [9.17, 15) is 14.0 Å². The fourth-order valence-electron chi connectivity index (χ4n) is 2.77. The van der Waals surface area contributed by atoms with Gasteiger partial charge in [-0.2, -0.15) is 5.10 Å². The Morgan fingerprint density at radius 1 is 1.07 bits per heavy atom. The largest absolute Gasteiger partial charge is 0.346 e. The van der Waals surface area contributed by atoms with E-state index in [0.29, 0.717) is 23.1 Å². The lowest BCUT2D eigenvalue weighted by Gasteiger charge is -2.12. The van der Waals surface area contributed by atoms with Crippen molar-refractivity contribution in [1.82, 2.24) is 15.1 Å². The summed E-state index contributed by atoms with van der Waals surface area (Å²) in [5.74, 6) is -0.923. The molecule has 7 heteroatoms. The van der Waals surface area contributed by atoms with Crippen LogP contribution in [0.4, 0.5) is 4.39 Å². The van der Waals surface area contributed by atoms with Gasteiger partial charge in [-0.1, -0.05) is 18.2 Å². The lowest BCUT2D eigenvalue weighted by molar-refractivity contribution is 0.0944. The number of amides is 1. The Labute approximate surface area is 157 Å². The average Bonchev–Trinajstić information content (AvgIpc) is 3.21. The van der Waals surface area contributed by atoms with E-state index in [-0.39, 0.29) is 11.5 Å². The number of hydrogen-bond donors (Lipinski definition) is 1. The molecule has 4 aromatic rings. The number of benzene rings is 2. The molecule has 0 aliphatic heterocycles. The topological polar surface area (TPSA) is 64.0 Å². The van der Waals surface area contributed by atoms with Crippen LogP contribution in [-0.4, -0.2) is 15.7 Å². The van der Waals surface area contributed by atoms with Gasteiger partial charge in [-0.05, 0) is 47.8 Å². The van der Waals surface area contributed by atoms with Gasteiger partial charge in [-0.15, -0.1) is 11.3 Å². The smallest absolute Gasteiger partial charge is 0.276 e. The van der Waals surface area contributed by atoms with Gasteiger partial charge in [0, 0.05) is 4.88 Å². The van der Waals surface area contributed by atoms with Crippen molar-refractivity contribution in [2.24, 2.45) is 0 Å². The van der Waals surface area contributed by atoms with Crippen LogP contribution in [0.5, 0.6) is 0 Å². The number of halogens is 1. The van der Waals surface area contributed by atoms with Gasteiger partial charge in [-0.3, -0.25) is 9.59 Å². The zero-order valence-electron chi connectivity index (χ0n) is 14.1. The summed E-state index contributed by atoms with van der Waals surface area (Å²) in [4.78, 5) is 26.3. The number of hydrogen-bond acceptors (Lipinski definition) is 4. The van der Waals surface area contributed by atoms with Crippen molar-refractivity contribution in [2.75, 3.05) is 0 Å². The molecule has 0 bridgehead atoms. The summed E-state index contributed by atoms with van der Waals surface area (Å²) in [6, 6.07) is 16.4. The molecule has 0 aliphatic rings. The number of carbonyl (C=O) groups is 1. The van der Waals surface area contributed by atoms with E-state index in [0.717, 1.165) is 4.88 Å². The number of nitrogens with zero attached hydrogens (tertiary/aromatic N) is 2. The molecule has 0 radical (unpaired) electrons. The van der Waals surface area contributed by atoms with E-state index >= 15 is 0 Å². The molecule has 0 saturated carbocycles. The number of aromatic nitrogens is 2. The van der Waals surface area contributed by atoms with Crippen LogP contribution in [0.15, 0.2) is 70.8 Å². The summed E-state index contributed by atoms with van der Waals surface area (Å²) in [6.45, 7) is 0.320. The van der Waals surface area contributed by atoms with Crippen LogP contribution in [0.2, 0.25) is 0 Å². The summed E-state index contributed by atoms with van der Waals surface area (Å²) >= 11 is 1.51. The van der Waals surface area contributed by atoms with Crippen molar-refractivity contribution in [3.63, 3.8) is 0 Å². The van der Waals surface area contributed by atoms with Crippen LogP contribution >= 0.6 is 11.3 Å². The molecule has 0 spiro atoms. The van der Waals surface area contributed by atoms with Gasteiger partial charge < -0.3 is 5.32 Å². The Hall–Kier alpha value is -3.32. The van der Waals surface area contributed by atoms with Gasteiger partial charge in [0.2, 0.25) is 5.43 Å². The fraction of sp³-hybridized carbons (Fsp3) is 0.0500. The van der Waals surface area contributed by atoms with Crippen molar-refractivity contribution in [1.29, 1.82) is 0 Å². The maximum Gasteiger partial charge on any atom is 0.276 e. The SMILES string of the molecule is O=C(NCc1cccs1)c1nn(-c2ccc(F)cc2)c2ccccc2c1=O. The molecule has 2 heterocycles. The second kappa shape index (κ2) is 7.13. The lowest BCUT2D eigenvalue weighted by Crippen LogP contribution is -2.31. The molecule has 4 rings (SSSR count). The zero-order valence-corrected chi connectivity index (χ0v) is 14.9. The average molecular weight is 379 g/mol. The summed E-state index contributed by atoms with van der Waals surface area (Å²) in [6.07, 6.45) is 0. The zero-order chi connectivity index (χ0) is 18.8. The van der Waals surface area contributed by atoms with E-state index in [4.69, 9.17) is 0 Å². The Morgan fingerprint density at radius 3 is 2.59 bits per heavy atom. The molecule has 0 aliphatic carbocycles. The number of nitrogens with one attached hydrogen (secondary N) is 1. The monoisotopic (exact) mass is 379 g/mol. The molecule has 134 valence electrons. The first-order valence-corrected chi connectivity index (χ1v) is 9.10. The summed E-state index contributed by atoms with van der Waals surface area (Å²) < 4.78 is 14.8. The molecule has 2 aromatic carbocycles. The highest BCUT2D eigenvalue weighted by Crippen LogP contribution is 2.16. The highest BCUT2D eigenvalue weighted by Gasteiger charge is 2.18. The van der Waals surface area contributed by atoms with E-state index in [1.54, 1.807) is 36.4 Å². The number of para-hydroxylation sites is 1. The van der Waals surface area contributed by atoms with Crippen LogP contribution in [0, 0.1) is 5.82 Å². The van der Waals surface area contributed by atoms with E-state index in [1.165, 1.54) is 28.2 Å². The highest BCUT2D eigenvalue weighted by molar-refractivity contribution is 7.09. The highest BCUT2D eigenvalue weighted by atomic mass is 32.1. The molecule has 0 unspecified atom stereocenters. The predicted octanol–water partition coefficient (Wildman–Crippen LogP) is 3.52. The molecule has 1 N–H and O–H groups in total. The van der Waals surface area contributed by atoms with E-state index < -0.39 is 11.3 Å². The number of carbonyl (C=O) groups excluding carboxylic acids is 1. The molecule has 5 nitrogen and oxygen atoms in total. The number of thiophene rings is 1. The Balaban J connectivity index is 1.81. The minimum atomic E-state index is -0.546. The summed E-state index contributed by atoms with van der Waals surface area (Å²) in [5.41, 5.74) is 0.464. The van der Waals surface area contributed by atoms with Gasteiger partial charge in [0.1, 0.15) is 5.82 Å². The molecule has 27 heavy (non-hydrogen) atoms. The van der Waals surface area contributed by atoms with Crippen molar-refractivity contribution >= 4 is 28.1 Å². The minimum Gasteiger partial charge on any atom is -0.346 e. The predicted molar refractivity (Wildman–Crippen MR) is 103 cm³/mol. The van der Waals surface area contributed by atoms with Crippen LogP contribution in [0.1, 0.15) is 15.4 Å². The molecular formula is C20H14FN3O2S. The van der Waals surface area contributed by atoms with Crippen LogP contribution in [0.3, 0.4) is 0 Å². The molecule has 0 fully saturated rings. The third kappa shape index (κ3) is 3.37.